The van der Waals surface area contributed by atoms with Crippen molar-refractivity contribution in [3.8, 4) is 6.07 Å². The SMILES string of the molecule is CCOC(=O)N1C(C)=CC(c2ccccc2C(F)(F)F)C(C#N)=C1C. The van der Waals surface area contributed by atoms with Gasteiger partial charge in [0.15, 0.2) is 0 Å². The van der Waals surface area contributed by atoms with Gasteiger partial charge in [0.25, 0.3) is 0 Å². The summed E-state index contributed by atoms with van der Waals surface area (Å²) in [6, 6.07) is 7.08. The molecule has 25 heavy (non-hydrogen) atoms. The third-order valence-electron chi connectivity index (χ3n) is 3.97. The number of hydrogen-bond donors (Lipinski definition) is 0. The van der Waals surface area contributed by atoms with Gasteiger partial charge in [0.2, 0.25) is 0 Å². The fourth-order valence-electron chi connectivity index (χ4n) is 2.90. The van der Waals surface area contributed by atoms with Crippen molar-refractivity contribution in [2.75, 3.05) is 6.61 Å². The third kappa shape index (κ3) is 3.53. The van der Waals surface area contributed by atoms with Gasteiger partial charge in [-0.25, -0.2) is 4.79 Å². The molecule has 0 saturated carbocycles. The molecule has 1 heterocycles. The Bertz CT molecular complexity index is 788. The summed E-state index contributed by atoms with van der Waals surface area (Å²) in [5.41, 5.74) is -0.0573. The summed E-state index contributed by atoms with van der Waals surface area (Å²) in [4.78, 5) is 13.3. The maximum atomic E-state index is 13.3. The highest BCUT2D eigenvalue weighted by molar-refractivity contribution is 5.74. The lowest BCUT2D eigenvalue weighted by molar-refractivity contribution is -0.138. The van der Waals surface area contributed by atoms with E-state index in [0.29, 0.717) is 5.70 Å². The third-order valence-corrected chi connectivity index (χ3v) is 3.97. The molecule has 1 aliphatic rings. The largest absolute Gasteiger partial charge is 0.449 e. The second-order valence-corrected chi connectivity index (χ2v) is 5.52. The predicted octanol–water partition coefficient (Wildman–Crippen LogP) is 4.96. The molecule has 1 amide bonds. The number of carbonyl (C=O) groups excluding carboxylic acids is 1. The molecule has 7 heteroatoms. The number of amides is 1. The molecule has 0 N–H and O–H groups in total. The maximum Gasteiger partial charge on any atom is 0.418 e. The van der Waals surface area contributed by atoms with E-state index in [9.17, 15) is 23.2 Å². The lowest BCUT2D eigenvalue weighted by Gasteiger charge is -2.32. The predicted molar refractivity (Wildman–Crippen MR) is 85.1 cm³/mol. The monoisotopic (exact) mass is 350 g/mol. The molecule has 1 unspecified atom stereocenters. The van der Waals surface area contributed by atoms with Crippen molar-refractivity contribution in [1.82, 2.24) is 4.90 Å². The van der Waals surface area contributed by atoms with Gasteiger partial charge in [-0.3, -0.25) is 4.90 Å². The zero-order chi connectivity index (χ0) is 18.8. The fourth-order valence-corrected chi connectivity index (χ4v) is 2.90. The second kappa shape index (κ2) is 7.01. The van der Waals surface area contributed by atoms with E-state index in [4.69, 9.17) is 4.74 Å². The van der Waals surface area contributed by atoms with E-state index in [2.05, 4.69) is 0 Å². The Balaban J connectivity index is 2.59. The molecule has 132 valence electrons. The first-order valence-corrected chi connectivity index (χ1v) is 7.64. The minimum atomic E-state index is -4.54. The summed E-state index contributed by atoms with van der Waals surface area (Å²) < 4.78 is 44.9. The highest BCUT2D eigenvalue weighted by Crippen LogP contribution is 2.42. The van der Waals surface area contributed by atoms with Crippen LogP contribution in [0.4, 0.5) is 18.0 Å². The average Bonchev–Trinajstić information content (AvgIpc) is 2.54. The summed E-state index contributed by atoms with van der Waals surface area (Å²) in [7, 11) is 0. The number of nitriles is 1. The average molecular weight is 350 g/mol. The molecule has 0 saturated heterocycles. The summed E-state index contributed by atoms with van der Waals surface area (Å²) in [6.07, 6.45) is -3.72. The molecule has 0 bridgehead atoms. The van der Waals surface area contributed by atoms with Crippen molar-refractivity contribution in [3.05, 3.63) is 58.4 Å². The number of nitrogens with zero attached hydrogens (tertiary/aromatic N) is 2. The first kappa shape index (κ1) is 18.6. The molecule has 4 nitrogen and oxygen atoms in total. The van der Waals surface area contributed by atoms with Crippen LogP contribution >= 0.6 is 0 Å². The standard InChI is InChI=1S/C18H17F3N2O2/c1-4-25-17(24)23-11(2)9-14(15(10-22)12(23)3)13-7-5-6-8-16(13)18(19,20)21/h5-9,14H,4H2,1-3H3. The quantitative estimate of drug-likeness (QED) is 0.757. The van der Waals surface area contributed by atoms with Crippen molar-refractivity contribution in [2.45, 2.75) is 32.9 Å². The van der Waals surface area contributed by atoms with Crippen molar-refractivity contribution in [2.24, 2.45) is 0 Å². The number of ether oxygens (including phenoxy) is 1. The number of benzene rings is 1. The molecule has 1 aliphatic heterocycles. The van der Waals surface area contributed by atoms with Crippen molar-refractivity contribution in [3.63, 3.8) is 0 Å². The van der Waals surface area contributed by atoms with E-state index in [1.165, 1.54) is 36.1 Å². The highest BCUT2D eigenvalue weighted by atomic mass is 19.4. The Morgan fingerprint density at radius 3 is 2.52 bits per heavy atom. The van der Waals surface area contributed by atoms with Crippen molar-refractivity contribution < 1.29 is 22.7 Å². The molecule has 0 fully saturated rings. The van der Waals surface area contributed by atoms with Gasteiger partial charge in [-0.05, 0) is 32.4 Å². The second-order valence-electron chi connectivity index (χ2n) is 5.52. The molecule has 1 aromatic carbocycles. The number of halogens is 3. The van der Waals surface area contributed by atoms with Gasteiger partial charge in [0, 0.05) is 17.3 Å². The summed E-state index contributed by atoms with van der Waals surface area (Å²) in [6.45, 7) is 4.92. The number of hydrogen-bond acceptors (Lipinski definition) is 3. The molecular formula is C18H17F3N2O2. The molecule has 1 aromatic rings. The molecule has 1 atom stereocenters. The Kier molecular flexibility index (Phi) is 5.21. The van der Waals surface area contributed by atoms with E-state index < -0.39 is 23.8 Å². The van der Waals surface area contributed by atoms with Crippen LogP contribution in [-0.2, 0) is 10.9 Å². The van der Waals surface area contributed by atoms with E-state index in [1.807, 2.05) is 6.07 Å². The zero-order valence-electron chi connectivity index (χ0n) is 14.0. The van der Waals surface area contributed by atoms with Crippen LogP contribution in [-0.4, -0.2) is 17.6 Å². The molecule has 0 aliphatic carbocycles. The van der Waals surface area contributed by atoms with E-state index in [0.717, 1.165) is 6.07 Å². The van der Waals surface area contributed by atoms with Crippen LogP contribution in [0, 0.1) is 11.3 Å². The lowest BCUT2D eigenvalue weighted by atomic mass is 9.84. The van der Waals surface area contributed by atoms with Crippen LogP contribution in [0.25, 0.3) is 0 Å². The Labute approximate surface area is 143 Å². The number of rotatable bonds is 2. The zero-order valence-corrected chi connectivity index (χ0v) is 14.0. The van der Waals surface area contributed by atoms with Gasteiger partial charge in [0.05, 0.1) is 23.8 Å². The number of alkyl halides is 3. The molecule has 2 rings (SSSR count). The van der Waals surface area contributed by atoms with Crippen LogP contribution in [0.15, 0.2) is 47.3 Å². The van der Waals surface area contributed by atoms with Crippen LogP contribution < -0.4 is 0 Å². The van der Waals surface area contributed by atoms with Crippen LogP contribution in [0.3, 0.4) is 0 Å². The summed E-state index contributed by atoms with van der Waals surface area (Å²) >= 11 is 0. The van der Waals surface area contributed by atoms with Crippen molar-refractivity contribution >= 4 is 6.09 Å². The Morgan fingerprint density at radius 2 is 1.96 bits per heavy atom. The van der Waals surface area contributed by atoms with Gasteiger partial charge in [-0.1, -0.05) is 24.3 Å². The molecule has 0 spiro atoms. The Morgan fingerprint density at radius 1 is 1.32 bits per heavy atom. The van der Waals surface area contributed by atoms with Gasteiger partial charge in [-0.2, -0.15) is 18.4 Å². The fraction of sp³-hybridized carbons (Fsp3) is 0.333. The van der Waals surface area contributed by atoms with Gasteiger partial charge in [-0.15, -0.1) is 0 Å². The number of carbonyl (C=O) groups is 1. The highest BCUT2D eigenvalue weighted by Gasteiger charge is 2.38. The van der Waals surface area contributed by atoms with Crippen molar-refractivity contribution in [1.29, 1.82) is 5.26 Å². The van der Waals surface area contributed by atoms with Gasteiger partial charge in [0.1, 0.15) is 0 Å². The smallest absolute Gasteiger partial charge is 0.418 e. The van der Waals surface area contributed by atoms with E-state index >= 15 is 0 Å². The summed E-state index contributed by atoms with van der Waals surface area (Å²) in [5, 5.41) is 9.51. The summed E-state index contributed by atoms with van der Waals surface area (Å²) in [5.74, 6) is -0.881. The van der Waals surface area contributed by atoms with Crippen LogP contribution in [0.5, 0.6) is 0 Å². The van der Waals surface area contributed by atoms with Gasteiger partial charge >= 0.3 is 12.3 Å². The first-order valence-electron chi connectivity index (χ1n) is 7.64. The molecular weight excluding hydrogens is 333 g/mol. The number of allylic oxidation sites excluding steroid dienone is 4. The normalized spacial score (nSPS) is 17.9. The molecule has 0 radical (unpaired) electrons. The van der Waals surface area contributed by atoms with Gasteiger partial charge < -0.3 is 4.74 Å². The topological polar surface area (TPSA) is 53.3 Å². The first-order chi connectivity index (χ1) is 11.7. The van der Waals surface area contributed by atoms with E-state index in [1.54, 1.807) is 13.8 Å². The van der Waals surface area contributed by atoms with E-state index in [-0.39, 0.29) is 23.4 Å². The minimum absolute atomic E-state index is 0.0197. The van der Waals surface area contributed by atoms with Crippen LogP contribution in [0.1, 0.15) is 37.8 Å². The minimum Gasteiger partial charge on any atom is -0.449 e. The lowest BCUT2D eigenvalue weighted by Crippen LogP contribution is -2.33. The molecule has 0 aromatic heterocycles. The Hall–Kier alpha value is -2.75. The van der Waals surface area contributed by atoms with Crippen LogP contribution in [0.2, 0.25) is 0 Å². The maximum absolute atomic E-state index is 13.3.